The molecular weight excluding hydrogens is 470 g/mol. The summed E-state index contributed by atoms with van der Waals surface area (Å²) < 4.78 is 22.8. The van der Waals surface area contributed by atoms with Gasteiger partial charge in [-0.2, -0.15) is 0 Å². The number of nitrogens with one attached hydrogen (secondary N) is 1. The second-order valence-corrected chi connectivity index (χ2v) is 8.80. The molecule has 2 aliphatic rings. The van der Waals surface area contributed by atoms with E-state index in [0.717, 1.165) is 43.2 Å². The molecule has 1 saturated heterocycles. The molecule has 2 aromatic carbocycles. The number of likely N-dealkylation sites (N-methyl/N-ethyl adjacent to an activating group) is 1. The third kappa shape index (κ3) is 4.87. The number of methoxy groups -OCH3 is 2. The van der Waals surface area contributed by atoms with Crippen LogP contribution in [-0.2, 0) is 0 Å². The Morgan fingerprint density at radius 3 is 2.43 bits per heavy atom. The van der Waals surface area contributed by atoms with Crippen molar-refractivity contribution in [2.75, 3.05) is 70.9 Å². The summed E-state index contributed by atoms with van der Waals surface area (Å²) >= 11 is 6.46. The zero-order valence-electron chi connectivity index (χ0n) is 20.0. The lowest BCUT2D eigenvalue weighted by atomic mass is 10.1. The number of rotatable bonds is 6. The number of hydrogen-bond acceptors (Lipinski definition) is 9. The molecule has 3 heterocycles. The highest BCUT2D eigenvalue weighted by Gasteiger charge is 2.21. The number of benzene rings is 2. The van der Waals surface area contributed by atoms with Crippen molar-refractivity contribution in [3.8, 4) is 34.3 Å². The van der Waals surface area contributed by atoms with E-state index in [2.05, 4.69) is 32.1 Å². The minimum Gasteiger partial charge on any atom is -0.494 e. The number of halogens is 1. The molecule has 0 unspecified atom stereocenters. The molecule has 0 bridgehead atoms. The molecule has 1 N–H and O–H groups in total. The summed E-state index contributed by atoms with van der Waals surface area (Å²) in [5, 5.41) is 3.70. The fourth-order valence-corrected chi connectivity index (χ4v) is 4.41. The lowest BCUT2D eigenvalue weighted by Crippen LogP contribution is -2.44. The SMILES string of the molecule is COc1cc(N2CCN(C)CC2)c(OC)cc1Nc1ncc(Cl)c(-c2ccc3c(c2)OCCO3)n1. The van der Waals surface area contributed by atoms with Gasteiger partial charge in [0.1, 0.15) is 24.7 Å². The molecule has 0 spiro atoms. The van der Waals surface area contributed by atoms with Gasteiger partial charge in [0.2, 0.25) is 5.95 Å². The first-order chi connectivity index (χ1) is 17.1. The minimum atomic E-state index is 0.381. The summed E-state index contributed by atoms with van der Waals surface area (Å²) in [5.41, 5.74) is 3.08. The Morgan fingerprint density at radius 2 is 1.69 bits per heavy atom. The highest BCUT2D eigenvalue weighted by atomic mass is 35.5. The predicted octanol–water partition coefficient (Wildman–Crippen LogP) is 4.08. The van der Waals surface area contributed by atoms with Gasteiger partial charge in [0, 0.05) is 43.9 Å². The van der Waals surface area contributed by atoms with Gasteiger partial charge >= 0.3 is 0 Å². The second-order valence-electron chi connectivity index (χ2n) is 8.39. The predicted molar refractivity (Wildman–Crippen MR) is 136 cm³/mol. The van der Waals surface area contributed by atoms with Crippen LogP contribution < -0.4 is 29.2 Å². The average molecular weight is 498 g/mol. The first-order valence-corrected chi connectivity index (χ1v) is 11.8. The zero-order valence-corrected chi connectivity index (χ0v) is 20.8. The molecule has 3 aromatic rings. The smallest absolute Gasteiger partial charge is 0.227 e. The number of hydrogen-bond donors (Lipinski definition) is 1. The number of anilines is 3. The van der Waals surface area contributed by atoms with Crippen molar-refractivity contribution in [3.05, 3.63) is 41.6 Å². The van der Waals surface area contributed by atoms with Crippen LogP contribution in [0.5, 0.6) is 23.0 Å². The zero-order chi connectivity index (χ0) is 24.4. The molecule has 35 heavy (non-hydrogen) atoms. The minimum absolute atomic E-state index is 0.381. The van der Waals surface area contributed by atoms with E-state index >= 15 is 0 Å². The number of fused-ring (bicyclic) bond motifs is 1. The first kappa shape index (κ1) is 23.3. The molecule has 0 amide bonds. The molecule has 0 atom stereocenters. The van der Waals surface area contributed by atoms with E-state index in [1.807, 2.05) is 30.3 Å². The summed E-state index contributed by atoms with van der Waals surface area (Å²) in [4.78, 5) is 13.7. The molecule has 0 radical (unpaired) electrons. The van der Waals surface area contributed by atoms with Gasteiger partial charge in [0.15, 0.2) is 11.5 Å². The fourth-order valence-electron chi connectivity index (χ4n) is 4.21. The van der Waals surface area contributed by atoms with E-state index in [-0.39, 0.29) is 0 Å². The van der Waals surface area contributed by atoms with Crippen molar-refractivity contribution in [1.29, 1.82) is 0 Å². The van der Waals surface area contributed by atoms with Crippen molar-refractivity contribution < 1.29 is 18.9 Å². The van der Waals surface area contributed by atoms with E-state index in [1.54, 1.807) is 20.4 Å². The monoisotopic (exact) mass is 497 g/mol. The maximum Gasteiger partial charge on any atom is 0.227 e. The molecule has 5 rings (SSSR count). The van der Waals surface area contributed by atoms with Crippen LogP contribution >= 0.6 is 11.6 Å². The lowest BCUT2D eigenvalue weighted by molar-refractivity contribution is 0.171. The van der Waals surface area contributed by atoms with Crippen LogP contribution in [0.3, 0.4) is 0 Å². The topological polar surface area (TPSA) is 81.2 Å². The van der Waals surface area contributed by atoms with Crippen molar-refractivity contribution in [1.82, 2.24) is 14.9 Å². The Labute approximate surface area is 209 Å². The van der Waals surface area contributed by atoms with Crippen LogP contribution in [0.1, 0.15) is 0 Å². The molecule has 184 valence electrons. The average Bonchev–Trinajstić information content (AvgIpc) is 2.89. The van der Waals surface area contributed by atoms with Crippen LogP contribution in [0.25, 0.3) is 11.3 Å². The van der Waals surface area contributed by atoms with Gasteiger partial charge < -0.3 is 34.1 Å². The molecule has 2 aliphatic heterocycles. The van der Waals surface area contributed by atoms with Crippen molar-refractivity contribution in [2.45, 2.75) is 0 Å². The third-order valence-corrected chi connectivity index (χ3v) is 6.43. The molecule has 0 aliphatic carbocycles. The lowest BCUT2D eigenvalue weighted by Gasteiger charge is -2.35. The number of piperazine rings is 1. The maximum absolute atomic E-state index is 6.46. The van der Waals surface area contributed by atoms with E-state index in [0.29, 0.717) is 52.8 Å². The Hall–Kier alpha value is -3.43. The van der Waals surface area contributed by atoms with Crippen molar-refractivity contribution in [2.24, 2.45) is 0 Å². The van der Waals surface area contributed by atoms with Gasteiger partial charge in [-0.1, -0.05) is 11.6 Å². The van der Waals surface area contributed by atoms with Crippen LogP contribution in [0.15, 0.2) is 36.5 Å². The quantitative estimate of drug-likeness (QED) is 0.541. The molecule has 0 saturated carbocycles. The van der Waals surface area contributed by atoms with Crippen LogP contribution in [0.4, 0.5) is 17.3 Å². The molecule has 1 fully saturated rings. The second kappa shape index (κ2) is 10.1. The van der Waals surface area contributed by atoms with E-state index in [4.69, 9.17) is 30.5 Å². The molecule has 1 aromatic heterocycles. The third-order valence-electron chi connectivity index (χ3n) is 6.15. The molecule has 10 heteroatoms. The summed E-state index contributed by atoms with van der Waals surface area (Å²) in [6.45, 7) is 4.86. The Kier molecular flexibility index (Phi) is 6.70. The summed E-state index contributed by atoms with van der Waals surface area (Å²) in [7, 11) is 5.45. The first-order valence-electron chi connectivity index (χ1n) is 11.4. The van der Waals surface area contributed by atoms with Gasteiger partial charge in [0.25, 0.3) is 0 Å². The standard InChI is InChI=1S/C25H28ClN5O4/c1-30-6-8-31(9-7-30)19-14-21(32-2)18(13-22(19)33-3)28-25-27-15-17(26)24(29-25)16-4-5-20-23(12-16)35-11-10-34-20/h4-5,12-15H,6-11H2,1-3H3,(H,27,28,29). The van der Waals surface area contributed by atoms with Gasteiger partial charge in [-0.25, -0.2) is 9.97 Å². The van der Waals surface area contributed by atoms with Crippen molar-refractivity contribution in [3.63, 3.8) is 0 Å². The fraction of sp³-hybridized carbons (Fsp3) is 0.360. The van der Waals surface area contributed by atoms with E-state index < -0.39 is 0 Å². The maximum atomic E-state index is 6.46. The Morgan fingerprint density at radius 1 is 0.943 bits per heavy atom. The highest BCUT2D eigenvalue weighted by Crippen LogP contribution is 2.40. The summed E-state index contributed by atoms with van der Waals surface area (Å²) in [6, 6.07) is 9.54. The van der Waals surface area contributed by atoms with Crippen molar-refractivity contribution >= 4 is 28.9 Å². The highest BCUT2D eigenvalue weighted by molar-refractivity contribution is 6.32. The number of ether oxygens (including phenoxy) is 4. The summed E-state index contributed by atoms with van der Waals surface area (Å²) in [6.07, 6.45) is 1.57. The van der Waals surface area contributed by atoms with Gasteiger partial charge in [-0.15, -0.1) is 0 Å². The largest absolute Gasteiger partial charge is 0.494 e. The van der Waals surface area contributed by atoms with E-state index in [9.17, 15) is 0 Å². The number of aromatic nitrogens is 2. The van der Waals surface area contributed by atoms with Crippen LogP contribution in [0, 0.1) is 0 Å². The van der Waals surface area contributed by atoms with Gasteiger partial charge in [0.05, 0.1) is 42.5 Å². The Balaban J connectivity index is 1.45. The summed E-state index contributed by atoms with van der Waals surface area (Å²) in [5.74, 6) is 3.18. The van der Waals surface area contributed by atoms with Crippen LogP contribution in [0.2, 0.25) is 5.02 Å². The Bertz CT molecular complexity index is 1220. The van der Waals surface area contributed by atoms with E-state index in [1.165, 1.54) is 0 Å². The molecular formula is C25H28ClN5O4. The molecule has 9 nitrogen and oxygen atoms in total. The van der Waals surface area contributed by atoms with Gasteiger partial charge in [-0.3, -0.25) is 0 Å². The normalized spacial score (nSPS) is 15.6. The van der Waals surface area contributed by atoms with Gasteiger partial charge in [-0.05, 0) is 25.2 Å². The van der Waals surface area contributed by atoms with Crippen LogP contribution in [-0.4, -0.2) is 75.5 Å². The number of nitrogens with zero attached hydrogens (tertiary/aromatic N) is 4.